The van der Waals surface area contributed by atoms with Gasteiger partial charge in [-0.1, -0.05) is 12.8 Å². The van der Waals surface area contributed by atoms with Crippen LogP contribution in [-0.4, -0.2) is 18.1 Å². The Kier molecular flexibility index (Phi) is 3.68. The van der Waals surface area contributed by atoms with Crippen molar-refractivity contribution < 1.29 is 4.74 Å². The number of nitrogens with zero attached hydrogens (tertiary/aromatic N) is 1. The summed E-state index contributed by atoms with van der Waals surface area (Å²) in [6, 6.07) is 1.93. The molecule has 0 aromatic carbocycles. The molecule has 11 heavy (non-hydrogen) atoms. The number of ether oxygens (including phenoxy) is 1. The zero-order valence-electron chi connectivity index (χ0n) is 6.42. The van der Waals surface area contributed by atoms with Gasteiger partial charge in [0.1, 0.15) is 5.38 Å². The zero-order valence-corrected chi connectivity index (χ0v) is 7.18. The first-order valence-corrected chi connectivity index (χ1v) is 4.42. The quantitative estimate of drug-likeness (QED) is 0.613. The molecule has 1 rings (SSSR count). The van der Waals surface area contributed by atoms with E-state index in [-0.39, 0.29) is 0 Å². The third kappa shape index (κ3) is 3.09. The first kappa shape index (κ1) is 8.83. The Morgan fingerprint density at radius 2 is 2.18 bits per heavy atom. The summed E-state index contributed by atoms with van der Waals surface area (Å²) in [7, 11) is 0. The van der Waals surface area contributed by atoms with E-state index < -0.39 is 5.38 Å². The second-order valence-electron chi connectivity index (χ2n) is 2.84. The molecule has 0 spiro atoms. The van der Waals surface area contributed by atoms with Crippen LogP contribution in [0.3, 0.4) is 0 Å². The number of nitriles is 1. The van der Waals surface area contributed by atoms with Gasteiger partial charge in [0.15, 0.2) is 0 Å². The molecule has 1 fully saturated rings. The van der Waals surface area contributed by atoms with Crippen LogP contribution < -0.4 is 0 Å². The number of rotatable bonds is 3. The maximum absolute atomic E-state index is 8.35. The minimum absolute atomic E-state index is 0.365. The van der Waals surface area contributed by atoms with E-state index in [1.165, 1.54) is 12.8 Å². The Balaban J connectivity index is 2.07. The monoisotopic (exact) mass is 173 g/mol. The minimum Gasteiger partial charge on any atom is -0.376 e. The highest BCUT2D eigenvalue weighted by atomic mass is 35.5. The summed E-state index contributed by atoms with van der Waals surface area (Å²) in [6.07, 6.45) is 5.14. The molecular formula is C8H12ClNO. The molecule has 1 aliphatic carbocycles. The Hall–Kier alpha value is -0.260. The fourth-order valence-electron chi connectivity index (χ4n) is 1.31. The summed E-state index contributed by atoms with van der Waals surface area (Å²) < 4.78 is 5.40. The van der Waals surface area contributed by atoms with Crippen molar-refractivity contribution in [2.45, 2.75) is 37.2 Å². The molecule has 0 saturated heterocycles. The van der Waals surface area contributed by atoms with Gasteiger partial charge < -0.3 is 4.74 Å². The van der Waals surface area contributed by atoms with Crippen LogP contribution in [0.2, 0.25) is 0 Å². The highest BCUT2D eigenvalue weighted by molar-refractivity contribution is 6.22. The lowest BCUT2D eigenvalue weighted by atomic mass is 10.3. The van der Waals surface area contributed by atoms with E-state index in [1.54, 1.807) is 0 Å². The molecule has 1 atom stereocenters. The third-order valence-corrected chi connectivity index (χ3v) is 2.14. The van der Waals surface area contributed by atoms with Crippen molar-refractivity contribution in [2.24, 2.45) is 0 Å². The van der Waals surface area contributed by atoms with Crippen molar-refractivity contribution in [1.82, 2.24) is 0 Å². The topological polar surface area (TPSA) is 33.0 Å². The molecule has 0 aromatic heterocycles. The van der Waals surface area contributed by atoms with Gasteiger partial charge in [0.25, 0.3) is 0 Å². The molecule has 1 aliphatic rings. The van der Waals surface area contributed by atoms with Gasteiger partial charge in [-0.2, -0.15) is 5.26 Å². The average Bonchev–Trinajstić information content (AvgIpc) is 2.52. The van der Waals surface area contributed by atoms with Crippen molar-refractivity contribution in [1.29, 1.82) is 5.26 Å². The van der Waals surface area contributed by atoms with Crippen LogP contribution in [0.5, 0.6) is 0 Å². The van der Waals surface area contributed by atoms with Crippen molar-refractivity contribution in [2.75, 3.05) is 6.61 Å². The predicted molar refractivity (Wildman–Crippen MR) is 43.5 cm³/mol. The summed E-state index contributed by atoms with van der Waals surface area (Å²) in [5, 5.41) is 7.87. The Bertz CT molecular complexity index is 149. The van der Waals surface area contributed by atoms with Gasteiger partial charge in [-0.3, -0.25) is 0 Å². The van der Waals surface area contributed by atoms with Crippen LogP contribution in [-0.2, 0) is 4.74 Å². The van der Waals surface area contributed by atoms with Crippen LogP contribution >= 0.6 is 11.6 Å². The van der Waals surface area contributed by atoms with Crippen LogP contribution in [0.25, 0.3) is 0 Å². The van der Waals surface area contributed by atoms with Gasteiger partial charge in [0.05, 0.1) is 18.8 Å². The Labute approximate surface area is 72.1 Å². The summed E-state index contributed by atoms with van der Waals surface area (Å²) >= 11 is 5.56. The maximum atomic E-state index is 8.35. The van der Waals surface area contributed by atoms with E-state index in [0.29, 0.717) is 12.7 Å². The molecule has 3 heteroatoms. The van der Waals surface area contributed by atoms with E-state index >= 15 is 0 Å². The van der Waals surface area contributed by atoms with Crippen molar-refractivity contribution in [3.8, 4) is 6.07 Å². The highest BCUT2D eigenvalue weighted by Gasteiger charge is 2.16. The number of alkyl halides is 1. The van der Waals surface area contributed by atoms with Gasteiger partial charge >= 0.3 is 0 Å². The molecule has 62 valence electrons. The molecule has 1 unspecified atom stereocenters. The summed E-state index contributed by atoms with van der Waals surface area (Å²) in [4.78, 5) is 0. The Morgan fingerprint density at radius 1 is 1.55 bits per heavy atom. The van der Waals surface area contributed by atoms with E-state index in [1.807, 2.05) is 6.07 Å². The SMILES string of the molecule is N#CC(Cl)COC1CCCC1. The highest BCUT2D eigenvalue weighted by Crippen LogP contribution is 2.21. The standard InChI is InChI=1S/C8H12ClNO/c9-7(5-10)6-11-8-3-1-2-4-8/h7-8H,1-4,6H2. The molecule has 2 nitrogen and oxygen atoms in total. The zero-order chi connectivity index (χ0) is 8.10. The summed E-state index contributed by atoms with van der Waals surface area (Å²) in [5.41, 5.74) is 0. The minimum atomic E-state index is -0.476. The van der Waals surface area contributed by atoms with Crippen LogP contribution in [0.15, 0.2) is 0 Å². The maximum Gasteiger partial charge on any atom is 0.143 e. The Morgan fingerprint density at radius 3 is 2.73 bits per heavy atom. The largest absolute Gasteiger partial charge is 0.376 e. The fraction of sp³-hybridized carbons (Fsp3) is 0.875. The van der Waals surface area contributed by atoms with Crippen LogP contribution in [0.4, 0.5) is 0 Å². The van der Waals surface area contributed by atoms with Gasteiger partial charge in [-0.25, -0.2) is 0 Å². The van der Waals surface area contributed by atoms with E-state index in [9.17, 15) is 0 Å². The lowest BCUT2D eigenvalue weighted by Crippen LogP contribution is -2.14. The smallest absolute Gasteiger partial charge is 0.143 e. The van der Waals surface area contributed by atoms with Gasteiger partial charge in [0, 0.05) is 0 Å². The average molecular weight is 174 g/mol. The number of hydrogen-bond acceptors (Lipinski definition) is 2. The molecule has 0 radical (unpaired) electrons. The van der Waals surface area contributed by atoms with E-state index in [0.717, 1.165) is 12.8 Å². The first-order chi connectivity index (χ1) is 5.33. The molecular weight excluding hydrogens is 162 g/mol. The molecule has 0 aliphatic heterocycles. The second-order valence-corrected chi connectivity index (χ2v) is 3.36. The van der Waals surface area contributed by atoms with Crippen molar-refractivity contribution in [3.05, 3.63) is 0 Å². The molecule has 0 heterocycles. The van der Waals surface area contributed by atoms with E-state index in [2.05, 4.69) is 0 Å². The number of hydrogen-bond donors (Lipinski definition) is 0. The van der Waals surface area contributed by atoms with Crippen LogP contribution in [0, 0.1) is 11.3 Å². The number of halogens is 1. The molecule has 1 saturated carbocycles. The molecule has 0 amide bonds. The normalized spacial score (nSPS) is 21.5. The van der Waals surface area contributed by atoms with Crippen molar-refractivity contribution in [3.63, 3.8) is 0 Å². The van der Waals surface area contributed by atoms with E-state index in [4.69, 9.17) is 21.6 Å². The third-order valence-electron chi connectivity index (χ3n) is 1.92. The summed E-state index contributed by atoms with van der Waals surface area (Å²) in [6.45, 7) is 0.378. The molecule has 0 aromatic rings. The lowest BCUT2D eigenvalue weighted by molar-refractivity contribution is 0.0638. The second kappa shape index (κ2) is 4.58. The van der Waals surface area contributed by atoms with Crippen LogP contribution in [0.1, 0.15) is 25.7 Å². The lowest BCUT2D eigenvalue weighted by Gasteiger charge is -2.10. The van der Waals surface area contributed by atoms with Gasteiger partial charge in [-0.15, -0.1) is 11.6 Å². The van der Waals surface area contributed by atoms with Gasteiger partial charge in [-0.05, 0) is 12.8 Å². The molecule has 0 bridgehead atoms. The first-order valence-electron chi connectivity index (χ1n) is 3.98. The van der Waals surface area contributed by atoms with Crippen molar-refractivity contribution >= 4 is 11.6 Å². The van der Waals surface area contributed by atoms with Gasteiger partial charge in [0.2, 0.25) is 0 Å². The fourth-order valence-corrected chi connectivity index (χ4v) is 1.39. The molecule has 0 N–H and O–H groups in total. The summed E-state index contributed by atoms with van der Waals surface area (Å²) in [5.74, 6) is 0. The predicted octanol–water partition coefficient (Wildman–Crippen LogP) is 2.08.